The first-order valence-corrected chi connectivity index (χ1v) is 8.91. The van der Waals surface area contributed by atoms with Gasteiger partial charge < -0.3 is 10.3 Å². The van der Waals surface area contributed by atoms with Crippen LogP contribution in [-0.4, -0.2) is 15.5 Å². The Hall–Kier alpha value is -2.25. The van der Waals surface area contributed by atoms with Crippen molar-refractivity contribution in [2.75, 3.05) is 0 Å². The monoisotopic (exact) mass is 359 g/mol. The Labute approximate surface area is 148 Å². The fraction of sp³-hybridized carbons (Fsp3) is 0.235. The van der Waals surface area contributed by atoms with Crippen molar-refractivity contribution in [1.29, 1.82) is 0 Å². The zero-order chi connectivity index (χ0) is 17.3. The molecule has 1 aromatic carbocycles. The minimum atomic E-state index is -0.184. The van der Waals surface area contributed by atoms with Gasteiger partial charge in [-0.05, 0) is 55.7 Å². The number of aromatic nitrogens is 2. The first kappa shape index (κ1) is 16.6. The van der Waals surface area contributed by atoms with E-state index in [0.29, 0.717) is 27.8 Å². The topological polar surface area (TPSA) is 66.9 Å². The molecule has 3 aromatic rings. The third kappa shape index (κ3) is 3.05. The molecule has 24 heavy (non-hydrogen) atoms. The number of carbonyl (C=O) groups excluding carboxylic acids is 1. The van der Waals surface area contributed by atoms with E-state index in [1.807, 2.05) is 31.4 Å². The molecule has 1 amide bonds. The van der Waals surface area contributed by atoms with E-state index in [1.54, 1.807) is 29.5 Å². The number of nitrogens with one attached hydrogen (secondary N) is 2. The molecular weight excluding hydrogens is 342 g/mol. The third-order valence-corrected chi connectivity index (χ3v) is 5.26. The lowest BCUT2D eigenvalue weighted by Gasteiger charge is -2.13. The van der Waals surface area contributed by atoms with E-state index >= 15 is 0 Å². The van der Waals surface area contributed by atoms with Crippen LogP contribution in [0, 0.1) is 4.77 Å². The van der Waals surface area contributed by atoms with E-state index in [2.05, 4.69) is 10.3 Å². The Balaban J connectivity index is 1.95. The maximum atomic E-state index is 12.5. The first-order valence-electron chi connectivity index (χ1n) is 7.62. The summed E-state index contributed by atoms with van der Waals surface area (Å²) in [7, 11) is 0. The molecule has 0 aliphatic heterocycles. The van der Waals surface area contributed by atoms with Gasteiger partial charge in [-0.25, -0.2) is 0 Å². The van der Waals surface area contributed by atoms with Crippen LogP contribution in [0.4, 0.5) is 0 Å². The Morgan fingerprint density at radius 2 is 2.21 bits per heavy atom. The van der Waals surface area contributed by atoms with E-state index in [1.165, 1.54) is 4.57 Å². The average molecular weight is 359 g/mol. The molecule has 1 atom stereocenters. The van der Waals surface area contributed by atoms with Gasteiger partial charge >= 0.3 is 0 Å². The number of amides is 1. The second kappa shape index (κ2) is 6.70. The van der Waals surface area contributed by atoms with Crippen molar-refractivity contribution in [1.82, 2.24) is 14.9 Å². The van der Waals surface area contributed by atoms with Gasteiger partial charge in [0.1, 0.15) is 0 Å². The summed E-state index contributed by atoms with van der Waals surface area (Å²) in [6, 6.07) is 8.87. The first-order chi connectivity index (χ1) is 11.5. The van der Waals surface area contributed by atoms with Crippen LogP contribution in [0.25, 0.3) is 10.9 Å². The van der Waals surface area contributed by atoms with Crippen LogP contribution in [0.1, 0.15) is 35.1 Å². The van der Waals surface area contributed by atoms with Crippen molar-refractivity contribution < 1.29 is 4.79 Å². The molecule has 2 heterocycles. The molecule has 7 heteroatoms. The van der Waals surface area contributed by atoms with Gasteiger partial charge in [-0.1, -0.05) is 6.07 Å². The van der Waals surface area contributed by atoms with E-state index < -0.39 is 0 Å². The zero-order valence-electron chi connectivity index (χ0n) is 13.3. The van der Waals surface area contributed by atoms with Crippen LogP contribution in [0.3, 0.4) is 0 Å². The van der Waals surface area contributed by atoms with Gasteiger partial charge in [0.2, 0.25) is 0 Å². The molecule has 0 aliphatic carbocycles. The molecule has 2 aromatic heterocycles. The zero-order valence-corrected chi connectivity index (χ0v) is 15.0. The van der Waals surface area contributed by atoms with Gasteiger partial charge in [-0.15, -0.1) is 11.3 Å². The largest absolute Gasteiger partial charge is 0.345 e. The molecule has 2 N–H and O–H groups in total. The molecular formula is C17H17N3O2S2. The molecule has 0 radical (unpaired) electrons. The summed E-state index contributed by atoms with van der Waals surface area (Å²) < 4.78 is 1.86. The highest BCUT2D eigenvalue weighted by Gasteiger charge is 2.13. The molecule has 0 bridgehead atoms. The number of benzene rings is 1. The number of H-pyrrole nitrogens is 1. The Morgan fingerprint density at radius 3 is 2.88 bits per heavy atom. The van der Waals surface area contributed by atoms with Gasteiger partial charge in [0.05, 0.1) is 16.9 Å². The summed E-state index contributed by atoms with van der Waals surface area (Å²) in [6.45, 7) is 4.31. The van der Waals surface area contributed by atoms with Gasteiger partial charge in [-0.3, -0.25) is 14.2 Å². The number of nitrogens with zero attached hydrogens (tertiary/aromatic N) is 1. The summed E-state index contributed by atoms with van der Waals surface area (Å²) >= 11 is 6.81. The van der Waals surface area contributed by atoms with Crippen LogP contribution in [0.5, 0.6) is 0 Å². The fourth-order valence-electron chi connectivity index (χ4n) is 2.57. The third-order valence-electron chi connectivity index (χ3n) is 3.88. The number of aromatic amines is 1. The van der Waals surface area contributed by atoms with E-state index in [0.717, 1.165) is 4.88 Å². The molecule has 0 fully saturated rings. The Kier molecular flexibility index (Phi) is 4.64. The Bertz CT molecular complexity index is 1000. The van der Waals surface area contributed by atoms with E-state index in [4.69, 9.17) is 12.2 Å². The van der Waals surface area contributed by atoms with Crippen LogP contribution < -0.4 is 10.9 Å². The molecule has 0 spiro atoms. The Morgan fingerprint density at radius 1 is 1.42 bits per heavy atom. The highest BCUT2D eigenvalue weighted by atomic mass is 32.1. The summed E-state index contributed by atoms with van der Waals surface area (Å²) in [5, 5.41) is 5.46. The van der Waals surface area contributed by atoms with Gasteiger partial charge in [-0.2, -0.15) is 0 Å². The second-order valence-electron chi connectivity index (χ2n) is 5.45. The number of fused-ring (bicyclic) bond motifs is 1. The van der Waals surface area contributed by atoms with E-state index in [-0.39, 0.29) is 17.5 Å². The summed E-state index contributed by atoms with van der Waals surface area (Å²) in [4.78, 5) is 28.9. The van der Waals surface area contributed by atoms with Gasteiger partial charge in [0, 0.05) is 17.0 Å². The van der Waals surface area contributed by atoms with Crippen molar-refractivity contribution in [3.05, 3.63) is 61.3 Å². The SMILES string of the molecule is CCn1c(=S)[nH]c2cc(C(=O)N[C@@H](C)c3cccs3)ccc2c1=O. The molecule has 0 saturated carbocycles. The van der Waals surface area contributed by atoms with Crippen LogP contribution in [-0.2, 0) is 6.54 Å². The number of hydrogen-bond acceptors (Lipinski definition) is 4. The number of carbonyl (C=O) groups is 1. The number of hydrogen-bond donors (Lipinski definition) is 2. The second-order valence-corrected chi connectivity index (χ2v) is 6.82. The lowest BCUT2D eigenvalue weighted by atomic mass is 10.1. The van der Waals surface area contributed by atoms with E-state index in [9.17, 15) is 9.59 Å². The lowest BCUT2D eigenvalue weighted by molar-refractivity contribution is 0.0940. The van der Waals surface area contributed by atoms with Gasteiger partial charge in [0.15, 0.2) is 4.77 Å². The molecule has 0 saturated heterocycles. The quantitative estimate of drug-likeness (QED) is 0.699. The smallest absolute Gasteiger partial charge is 0.262 e. The van der Waals surface area contributed by atoms with Crippen molar-refractivity contribution in [3.63, 3.8) is 0 Å². The van der Waals surface area contributed by atoms with Crippen LogP contribution >= 0.6 is 23.6 Å². The number of thiophene rings is 1. The average Bonchev–Trinajstić information content (AvgIpc) is 3.09. The van der Waals surface area contributed by atoms with Crippen LogP contribution in [0.15, 0.2) is 40.5 Å². The molecule has 0 aliphatic rings. The highest BCUT2D eigenvalue weighted by Crippen LogP contribution is 2.19. The van der Waals surface area contributed by atoms with Crippen molar-refractivity contribution in [2.45, 2.75) is 26.4 Å². The maximum Gasteiger partial charge on any atom is 0.262 e. The maximum absolute atomic E-state index is 12.5. The molecule has 3 rings (SSSR count). The lowest BCUT2D eigenvalue weighted by Crippen LogP contribution is -2.26. The summed E-state index contributed by atoms with van der Waals surface area (Å²) in [6.07, 6.45) is 0. The minimum Gasteiger partial charge on any atom is -0.345 e. The molecule has 124 valence electrons. The standard InChI is InChI=1S/C17H17N3O2S2/c1-3-20-16(22)12-7-6-11(9-13(12)19-17(20)23)15(21)18-10(2)14-5-4-8-24-14/h4-10H,3H2,1-2H3,(H,18,21)(H,19,23)/t10-/m0/s1. The molecule has 0 unspecified atom stereocenters. The van der Waals surface area contributed by atoms with Crippen molar-refractivity contribution in [3.8, 4) is 0 Å². The summed E-state index contributed by atoms with van der Waals surface area (Å²) in [5.74, 6) is -0.184. The number of rotatable bonds is 4. The van der Waals surface area contributed by atoms with Crippen molar-refractivity contribution in [2.24, 2.45) is 0 Å². The minimum absolute atomic E-state index is 0.0696. The molecule has 5 nitrogen and oxygen atoms in total. The van der Waals surface area contributed by atoms with Gasteiger partial charge in [0.25, 0.3) is 11.5 Å². The fourth-order valence-corrected chi connectivity index (χ4v) is 3.63. The predicted molar refractivity (Wildman–Crippen MR) is 99.3 cm³/mol. The van der Waals surface area contributed by atoms with Crippen LogP contribution in [0.2, 0.25) is 0 Å². The normalized spacial score (nSPS) is 12.2. The highest BCUT2D eigenvalue weighted by molar-refractivity contribution is 7.71. The van der Waals surface area contributed by atoms with Crippen molar-refractivity contribution >= 4 is 40.4 Å². The predicted octanol–water partition coefficient (Wildman–Crippen LogP) is 3.63. The summed E-state index contributed by atoms with van der Waals surface area (Å²) in [5.41, 5.74) is 0.923.